The van der Waals surface area contributed by atoms with Crippen molar-refractivity contribution >= 4 is 20.2 Å². The zero-order valence-corrected chi connectivity index (χ0v) is 12.3. The SMILES string of the molecule is C=C1/C=C\C=C(\S(=O)(=O)O)C/C=C(/C)C=C1S(=O)(=O)O. The van der Waals surface area contributed by atoms with Crippen molar-refractivity contribution in [2.24, 2.45) is 0 Å². The van der Waals surface area contributed by atoms with Gasteiger partial charge >= 0.3 is 0 Å². The van der Waals surface area contributed by atoms with Gasteiger partial charge in [-0.05, 0) is 24.6 Å². The second-order valence-corrected chi connectivity index (χ2v) is 6.99. The van der Waals surface area contributed by atoms with Crippen LogP contribution in [0.4, 0.5) is 0 Å². The number of rotatable bonds is 2. The summed E-state index contributed by atoms with van der Waals surface area (Å²) in [6, 6.07) is 0. The smallest absolute Gasteiger partial charge is 0.282 e. The van der Waals surface area contributed by atoms with E-state index in [1.54, 1.807) is 0 Å². The largest absolute Gasteiger partial charge is 0.295 e. The van der Waals surface area contributed by atoms with Gasteiger partial charge in [-0.1, -0.05) is 30.4 Å². The van der Waals surface area contributed by atoms with Gasteiger partial charge in [0, 0.05) is 6.42 Å². The summed E-state index contributed by atoms with van der Waals surface area (Å²) in [6.45, 7) is 5.03. The molecule has 8 heteroatoms. The molecular weight excluding hydrogens is 304 g/mol. The summed E-state index contributed by atoms with van der Waals surface area (Å²) in [4.78, 5) is -0.601. The van der Waals surface area contributed by atoms with Crippen molar-refractivity contribution in [2.45, 2.75) is 13.3 Å². The summed E-state index contributed by atoms with van der Waals surface area (Å²) < 4.78 is 62.9. The third kappa shape index (κ3) is 4.57. The summed E-state index contributed by atoms with van der Waals surface area (Å²) in [5, 5.41) is 0. The van der Waals surface area contributed by atoms with Crippen molar-refractivity contribution in [3.63, 3.8) is 0 Å². The molecule has 1 aliphatic carbocycles. The lowest BCUT2D eigenvalue weighted by atomic mass is 10.1. The van der Waals surface area contributed by atoms with Gasteiger partial charge in [0.15, 0.2) is 0 Å². The molecule has 20 heavy (non-hydrogen) atoms. The van der Waals surface area contributed by atoms with Crippen LogP contribution in [0.25, 0.3) is 0 Å². The maximum Gasteiger partial charge on any atom is 0.295 e. The highest BCUT2D eigenvalue weighted by Crippen LogP contribution is 2.21. The van der Waals surface area contributed by atoms with Crippen LogP contribution >= 0.6 is 0 Å². The van der Waals surface area contributed by atoms with Crippen molar-refractivity contribution in [3.8, 4) is 0 Å². The van der Waals surface area contributed by atoms with E-state index in [0.29, 0.717) is 5.57 Å². The summed E-state index contributed by atoms with van der Waals surface area (Å²) in [5.41, 5.74) is 0.400. The average molecular weight is 318 g/mol. The highest BCUT2D eigenvalue weighted by Gasteiger charge is 2.17. The Morgan fingerprint density at radius 3 is 2.25 bits per heavy atom. The molecule has 0 saturated carbocycles. The van der Waals surface area contributed by atoms with Gasteiger partial charge in [0.25, 0.3) is 20.2 Å². The Hall–Kier alpha value is -1.48. The molecule has 110 valence electrons. The van der Waals surface area contributed by atoms with Crippen LogP contribution in [0.5, 0.6) is 0 Å². The summed E-state index contributed by atoms with van der Waals surface area (Å²) in [7, 11) is -8.77. The zero-order valence-electron chi connectivity index (χ0n) is 10.6. The van der Waals surface area contributed by atoms with E-state index in [-0.39, 0.29) is 21.8 Å². The van der Waals surface area contributed by atoms with Gasteiger partial charge in [0.2, 0.25) is 0 Å². The van der Waals surface area contributed by atoms with Crippen molar-refractivity contribution in [2.75, 3.05) is 0 Å². The van der Waals surface area contributed by atoms with Crippen LogP contribution in [0.3, 0.4) is 0 Å². The lowest BCUT2D eigenvalue weighted by Gasteiger charge is -2.07. The Bertz CT molecular complexity index is 746. The van der Waals surface area contributed by atoms with Crippen LogP contribution in [0.1, 0.15) is 13.3 Å². The van der Waals surface area contributed by atoms with E-state index < -0.39 is 20.2 Å². The highest BCUT2D eigenvalue weighted by molar-refractivity contribution is 7.90. The Labute approximate surface area is 118 Å². The fourth-order valence-electron chi connectivity index (χ4n) is 1.47. The van der Waals surface area contributed by atoms with Crippen LogP contribution < -0.4 is 0 Å². The van der Waals surface area contributed by atoms with Gasteiger partial charge in [-0.3, -0.25) is 9.11 Å². The van der Waals surface area contributed by atoms with E-state index in [0.717, 1.165) is 6.08 Å². The third-order valence-electron chi connectivity index (χ3n) is 2.49. The average Bonchev–Trinajstić information content (AvgIpc) is 2.26. The molecule has 0 heterocycles. The van der Waals surface area contributed by atoms with Crippen LogP contribution in [0.15, 0.2) is 57.9 Å². The molecule has 0 spiro atoms. The van der Waals surface area contributed by atoms with Gasteiger partial charge in [0.1, 0.15) is 4.91 Å². The summed E-state index contributed by atoms with van der Waals surface area (Å²) in [6.07, 6.45) is 6.09. The van der Waals surface area contributed by atoms with Crippen molar-refractivity contribution in [1.29, 1.82) is 0 Å². The Kier molecular flexibility index (Phi) is 4.87. The molecule has 0 amide bonds. The molecule has 0 radical (unpaired) electrons. The maximum absolute atomic E-state index is 11.2. The van der Waals surface area contributed by atoms with Crippen LogP contribution in [0, 0.1) is 0 Å². The highest BCUT2D eigenvalue weighted by atomic mass is 32.2. The Morgan fingerprint density at radius 2 is 1.75 bits per heavy atom. The number of allylic oxidation sites excluding steroid dienone is 8. The van der Waals surface area contributed by atoms with E-state index in [2.05, 4.69) is 6.58 Å². The van der Waals surface area contributed by atoms with E-state index >= 15 is 0 Å². The minimum absolute atomic E-state index is 0.00640. The first-order chi connectivity index (χ1) is 9.01. The van der Waals surface area contributed by atoms with E-state index in [9.17, 15) is 16.8 Å². The summed E-state index contributed by atoms with van der Waals surface area (Å²) in [5.74, 6) is 0. The lowest BCUT2D eigenvalue weighted by molar-refractivity contribution is 0.488. The molecule has 0 unspecified atom stereocenters. The van der Waals surface area contributed by atoms with E-state index in [4.69, 9.17) is 9.11 Å². The second kappa shape index (κ2) is 5.88. The van der Waals surface area contributed by atoms with Gasteiger partial charge in [-0.25, -0.2) is 0 Å². The first-order valence-electron chi connectivity index (χ1n) is 5.42. The minimum atomic E-state index is -4.44. The topological polar surface area (TPSA) is 109 Å². The monoisotopic (exact) mass is 318 g/mol. The van der Waals surface area contributed by atoms with Crippen LogP contribution in [-0.2, 0) is 20.2 Å². The minimum Gasteiger partial charge on any atom is -0.282 e. The molecule has 0 fully saturated rings. The molecule has 0 aromatic carbocycles. The van der Waals surface area contributed by atoms with Gasteiger partial charge in [0.05, 0.1) is 4.91 Å². The molecule has 1 aliphatic rings. The lowest BCUT2D eigenvalue weighted by Crippen LogP contribution is -2.05. The normalized spacial score (nSPS) is 24.9. The van der Waals surface area contributed by atoms with E-state index in [1.807, 2.05) is 0 Å². The molecule has 0 atom stereocenters. The van der Waals surface area contributed by atoms with Crippen molar-refractivity contribution in [3.05, 3.63) is 57.9 Å². The Morgan fingerprint density at radius 1 is 1.15 bits per heavy atom. The molecule has 0 saturated heterocycles. The Balaban J connectivity index is 3.40. The predicted molar refractivity (Wildman–Crippen MR) is 75.9 cm³/mol. The molecule has 0 aromatic heterocycles. The predicted octanol–water partition coefficient (Wildman–Crippen LogP) is 1.99. The number of hydrogen-bond acceptors (Lipinski definition) is 4. The molecule has 1 rings (SSSR count). The van der Waals surface area contributed by atoms with E-state index in [1.165, 1.54) is 31.2 Å². The van der Waals surface area contributed by atoms with Gasteiger partial charge in [-0.2, -0.15) is 16.8 Å². The fourth-order valence-corrected chi connectivity index (χ4v) is 2.75. The molecule has 0 bridgehead atoms. The molecular formula is C12H14O6S2. The maximum atomic E-state index is 11.2. The first-order valence-corrected chi connectivity index (χ1v) is 8.30. The molecule has 2 N–H and O–H groups in total. The zero-order chi connectivity index (χ0) is 15.6. The molecule has 6 nitrogen and oxygen atoms in total. The van der Waals surface area contributed by atoms with Crippen LogP contribution in [-0.4, -0.2) is 25.9 Å². The standard InChI is InChI=1S/C12H14O6S2/c1-9-6-7-11(19(13,14)15)5-3-4-10(2)12(8-9)20(16,17)18/h3-6,8H,2,7H2,1H3,(H,13,14,15)(H,16,17,18)/b4-3-,9-6-,11-5+,12-8?. The third-order valence-corrected chi connectivity index (χ3v) is 4.39. The fraction of sp³-hybridized carbons (Fsp3) is 0.167. The number of hydrogen-bond donors (Lipinski definition) is 2. The van der Waals surface area contributed by atoms with Crippen molar-refractivity contribution in [1.82, 2.24) is 0 Å². The van der Waals surface area contributed by atoms with Crippen molar-refractivity contribution < 1.29 is 25.9 Å². The summed E-state index contributed by atoms with van der Waals surface area (Å²) >= 11 is 0. The molecule has 0 aliphatic heterocycles. The quantitative estimate of drug-likeness (QED) is 0.754. The van der Waals surface area contributed by atoms with Crippen LogP contribution in [0.2, 0.25) is 0 Å². The second-order valence-electron chi connectivity index (χ2n) is 4.13. The van der Waals surface area contributed by atoms with Gasteiger partial charge < -0.3 is 0 Å². The molecule has 0 aromatic rings. The first kappa shape index (κ1) is 16.6. The van der Waals surface area contributed by atoms with Gasteiger partial charge in [-0.15, -0.1) is 0 Å².